The summed E-state index contributed by atoms with van der Waals surface area (Å²) in [5.41, 5.74) is 2.13. The molecule has 0 spiro atoms. The van der Waals surface area contributed by atoms with Crippen LogP contribution < -0.4 is 5.32 Å². The third-order valence-electron chi connectivity index (χ3n) is 2.00. The van der Waals surface area contributed by atoms with Gasteiger partial charge >= 0.3 is 0 Å². The molecule has 0 unspecified atom stereocenters. The first-order valence-electron chi connectivity index (χ1n) is 4.22. The van der Waals surface area contributed by atoms with Crippen LogP contribution in [0.4, 0.5) is 0 Å². The molecule has 13 heavy (non-hydrogen) atoms. The molecule has 2 N–H and O–H groups in total. The largest absolute Gasteiger partial charge is 0.394 e. The van der Waals surface area contributed by atoms with Crippen LogP contribution in [0.3, 0.4) is 0 Å². The van der Waals surface area contributed by atoms with E-state index in [1.807, 2.05) is 32.2 Å². The molecule has 0 bridgehead atoms. The van der Waals surface area contributed by atoms with Gasteiger partial charge < -0.3 is 10.4 Å². The van der Waals surface area contributed by atoms with Gasteiger partial charge in [-0.15, -0.1) is 0 Å². The normalized spacial score (nSPS) is 12.9. The van der Waals surface area contributed by atoms with Gasteiger partial charge in [-0.05, 0) is 37.2 Å². The molecule has 2 nitrogen and oxygen atoms in total. The number of hydrogen-bond acceptors (Lipinski definition) is 2. The quantitative estimate of drug-likeness (QED) is 0.780. The molecule has 0 aliphatic rings. The molecule has 0 aliphatic carbocycles. The highest BCUT2D eigenvalue weighted by Gasteiger charge is 2.08. The van der Waals surface area contributed by atoms with E-state index in [2.05, 4.69) is 5.32 Å². The number of aliphatic hydroxyl groups is 1. The van der Waals surface area contributed by atoms with Gasteiger partial charge in [0.05, 0.1) is 12.6 Å². The molecule has 0 aliphatic heterocycles. The summed E-state index contributed by atoms with van der Waals surface area (Å²) < 4.78 is 0. The van der Waals surface area contributed by atoms with E-state index in [1.165, 1.54) is 0 Å². The molecule has 3 heteroatoms. The number of halogens is 1. The average molecular weight is 200 g/mol. The summed E-state index contributed by atoms with van der Waals surface area (Å²) in [6.07, 6.45) is 0. The first-order valence-corrected chi connectivity index (χ1v) is 4.60. The van der Waals surface area contributed by atoms with Crippen LogP contribution in [0.1, 0.15) is 17.2 Å². The number of hydrogen-bond donors (Lipinski definition) is 2. The van der Waals surface area contributed by atoms with Crippen molar-refractivity contribution in [3.05, 3.63) is 34.3 Å². The minimum Gasteiger partial charge on any atom is -0.394 e. The zero-order chi connectivity index (χ0) is 9.84. The van der Waals surface area contributed by atoms with Crippen LogP contribution in [0, 0.1) is 6.92 Å². The van der Waals surface area contributed by atoms with Crippen molar-refractivity contribution in [2.24, 2.45) is 0 Å². The van der Waals surface area contributed by atoms with Crippen LogP contribution in [0.25, 0.3) is 0 Å². The Morgan fingerprint density at radius 3 is 2.62 bits per heavy atom. The van der Waals surface area contributed by atoms with E-state index in [0.717, 1.165) is 11.1 Å². The molecule has 0 radical (unpaired) electrons. The Bertz CT molecular complexity index is 264. The van der Waals surface area contributed by atoms with Crippen LogP contribution in [0.15, 0.2) is 18.2 Å². The van der Waals surface area contributed by atoms with E-state index >= 15 is 0 Å². The summed E-state index contributed by atoms with van der Waals surface area (Å²) in [6.45, 7) is 2.07. The molecule has 1 aromatic rings. The van der Waals surface area contributed by atoms with Crippen molar-refractivity contribution in [3.63, 3.8) is 0 Å². The molecule has 1 rings (SSSR count). The Hall–Kier alpha value is -0.570. The Kier molecular flexibility index (Phi) is 3.72. The van der Waals surface area contributed by atoms with E-state index in [4.69, 9.17) is 16.7 Å². The highest BCUT2D eigenvalue weighted by atomic mass is 35.5. The lowest BCUT2D eigenvalue weighted by atomic mass is 10.1. The minimum atomic E-state index is -0.0302. The standard InChI is InChI=1S/C10H14ClNO/c1-7-3-8(5-9(11)4-7)10(6-13)12-2/h3-5,10,12-13H,6H2,1-2H3/t10-/m1/s1. The van der Waals surface area contributed by atoms with Crippen molar-refractivity contribution < 1.29 is 5.11 Å². The van der Waals surface area contributed by atoms with Gasteiger partial charge in [-0.25, -0.2) is 0 Å². The lowest BCUT2D eigenvalue weighted by Gasteiger charge is -2.14. The van der Waals surface area contributed by atoms with Crippen molar-refractivity contribution in [2.45, 2.75) is 13.0 Å². The monoisotopic (exact) mass is 199 g/mol. The molecule has 1 aromatic carbocycles. The summed E-state index contributed by atoms with van der Waals surface area (Å²) in [4.78, 5) is 0. The van der Waals surface area contributed by atoms with E-state index in [9.17, 15) is 0 Å². The van der Waals surface area contributed by atoms with Crippen molar-refractivity contribution >= 4 is 11.6 Å². The molecular weight excluding hydrogens is 186 g/mol. The van der Waals surface area contributed by atoms with E-state index < -0.39 is 0 Å². The predicted octanol–water partition coefficient (Wildman–Crippen LogP) is 1.90. The third-order valence-corrected chi connectivity index (χ3v) is 2.22. The molecule has 1 atom stereocenters. The number of rotatable bonds is 3. The molecule has 0 heterocycles. The van der Waals surface area contributed by atoms with E-state index in [1.54, 1.807) is 0 Å². The van der Waals surface area contributed by atoms with Crippen LogP contribution in [-0.4, -0.2) is 18.8 Å². The lowest BCUT2D eigenvalue weighted by molar-refractivity contribution is 0.251. The fourth-order valence-electron chi connectivity index (χ4n) is 1.33. The van der Waals surface area contributed by atoms with Crippen molar-refractivity contribution in [1.29, 1.82) is 0 Å². The highest BCUT2D eigenvalue weighted by Crippen LogP contribution is 2.19. The van der Waals surface area contributed by atoms with Gasteiger partial charge in [0, 0.05) is 5.02 Å². The second-order valence-corrected chi connectivity index (χ2v) is 3.52. The van der Waals surface area contributed by atoms with Gasteiger partial charge in [-0.3, -0.25) is 0 Å². The SMILES string of the molecule is CN[C@H](CO)c1cc(C)cc(Cl)c1. The van der Waals surface area contributed by atoms with Crippen molar-refractivity contribution in [2.75, 3.05) is 13.7 Å². The maximum absolute atomic E-state index is 9.06. The van der Waals surface area contributed by atoms with Crippen LogP contribution in [-0.2, 0) is 0 Å². The zero-order valence-electron chi connectivity index (χ0n) is 7.84. The summed E-state index contributed by atoms with van der Waals surface area (Å²) in [6, 6.07) is 5.75. The second-order valence-electron chi connectivity index (χ2n) is 3.09. The summed E-state index contributed by atoms with van der Waals surface area (Å²) >= 11 is 5.90. The molecule has 0 amide bonds. The van der Waals surface area contributed by atoms with E-state index in [-0.39, 0.29) is 12.6 Å². The van der Waals surface area contributed by atoms with Gasteiger partial charge in [-0.1, -0.05) is 17.7 Å². The number of nitrogens with one attached hydrogen (secondary N) is 1. The van der Waals surface area contributed by atoms with E-state index in [0.29, 0.717) is 5.02 Å². The maximum atomic E-state index is 9.06. The highest BCUT2D eigenvalue weighted by molar-refractivity contribution is 6.30. The van der Waals surface area contributed by atoms with Crippen LogP contribution >= 0.6 is 11.6 Å². The van der Waals surface area contributed by atoms with Gasteiger partial charge in [0.2, 0.25) is 0 Å². The summed E-state index contributed by atoms with van der Waals surface area (Å²) in [5, 5.41) is 12.8. The Balaban J connectivity index is 2.99. The third kappa shape index (κ3) is 2.69. The van der Waals surface area contributed by atoms with Gasteiger partial charge in [-0.2, -0.15) is 0 Å². The number of aryl methyl sites for hydroxylation is 1. The van der Waals surface area contributed by atoms with Gasteiger partial charge in [0.15, 0.2) is 0 Å². The van der Waals surface area contributed by atoms with Gasteiger partial charge in [0.1, 0.15) is 0 Å². The molecule has 0 saturated heterocycles. The van der Waals surface area contributed by atoms with Crippen molar-refractivity contribution in [3.8, 4) is 0 Å². The molecule has 0 saturated carbocycles. The molecule has 0 aromatic heterocycles. The molecular formula is C10H14ClNO. The van der Waals surface area contributed by atoms with Gasteiger partial charge in [0.25, 0.3) is 0 Å². The zero-order valence-corrected chi connectivity index (χ0v) is 8.60. The first kappa shape index (κ1) is 10.5. The van der Waals surface area contributed by atoms with Crippen molar-refractivity contribution in [1.82, 2.24) is 5.32 Å². The smallest absolute Gasteiger partial charge is 0.0626 e. The fourth-order valence-corrected chi connectivity index (χ4v) is 1.63. The van der Waals surface area contributed by atoms with Crippen LogP contribution in [0.5, 0.6) is 0 Å². The first-order chi connectivity index (χ1) is 6.17. The Morgan fingerprint density at radius 1 is 1.46 bits per heavy atom. The lowest BCUT2D eigenvalue weighted by Crippen LogP contribution is -2.19. The minimum absolute atomic E-state index is 0.0302. The van der Waals surface area contributed by atoms with Crippen LogP contribution in [0.2, 0.25) is 5.02 Å². The summed E-state index contributed by atoms with van der Waals surface area (Å²) in [5.74, 6) is 0. The number of benzene rings is 1. The molecule has 72 valence electrons. The Labute approximate surface area is 83.5 Å². The number of likely N-dealkylation sites (N-methyl/N-ethyl adjacent to an activating group) is 1. The summed E-state index contributed by atoms with van der Waals surface area (Å²) in [7, 11) is 1.82. The topological polar surface area (TPSA) is 32.3 Å². The fraction of sp³-hybridized carbons (Fsp3) is 0.400. The number of aliphatic hydroxyl groups excluding tert-OH is 1. The second kappa shape index (κ2) is 4.61. The maximum Gasteiger partial charge on any atom is 0.0626 e. The predicted molar refractivity (Wildman–Crippen MR) is 55.1 cm³/mol. The Morgan fingerprint density at radius 2 is 2.15 bits per heavy atom. The molecule has 0 fully saturated rings. The average Bonchev–Trinajstić information content (AvgIpc) is 2.04.